The van der Waals surface area contributed by atoms with Gasteiger partial charge >= 0.3 is 0 Å². The zero-order valence-electron chi connectivity index (χ0n) is 11.8. The molecule has 0 aromatic carbocycles. The van der Waals surface area contributed by atoms with Gasteiger partial charge in [0.05, 0.1) is 13.2 Å². The van der Waals surface area contributed by atoms with Crippen molar-refractivity contribution in [3.05, 3.63) is 4.88 Å². The molecular weight excluding hydrogens is 280 g/mol. The van der Waals surface area contributed by atoms with Crippen LogP contribution in [0.1, 0.15) is 29.9 Å². The molecule has 114 valence electrons. The van der Waals surface area contributed by atoms with Crippen LogP contribution in [-0.4, -0.2) is 48.4 Å². The number of anilines is 2. The van der Waals surface area contributed by atoms with Gasteiger partial charge in [-0.2, -0.15) is 0 Å². The molecular formula is C12H22N4O3S. The highest BCUT2D eigenvalue weighted by Crippen LogP contribution is 2.25. The van der Waals surface area contributed by atoms with Crippen molar-refractivity contribution in [1.29, 1.82) is 0 Å². The molecule has 20 heavy (non-hydrogen) atoms. The summed E-state index contributed by atoms with van der Waals surface area (Å²) < 4.78 is 5.10. The van der Waals surface area contributed by atoms with Crippen LogP contribution in [0.5, 0.6) is 0 Å². The number of amides is 1. The Balaban J connectivity index is 2.37. The minimum atomic E-state index is -0.223. The summed E-state index contributed by atoms with van der Waals surface area (Å²) in [5, 5.41) is 15.1. The van der Waals surface area contributed by atoms with Gasteiger partial charge in [0.2, 0.25) is 0 Å². The Morgan fingerprint density at radius 1 is 1.50 bits per heavy atom. The number of nitrogen functional groups attached to an aromatic ring is 1. The summed E-state index contributed by atoms with van der Waals surface area (Å²) in [6, 6.07) is 0.236. The predicted octanol–water partition coefficient (Wildman–Crippen LogP) is 0.674. The fraction of sp³-hybridized carbons (Fsp3) is 0.667. The number of thiazole rings is 1. The predicted molar refractivity (Wildman–Crippen MR) is 80.1 cm³/mol. The van der Waals surface area contributed by atoms with E-state index in [0.29, 0.717) is 36.2 Å². The second-order valence-corrected chi connectivity index (χ2v) is 5.48. The van der Waals surface area contributed by atoms with E-state index in [1.165, 1.54) is 11.3 Å². The molecule has 1 rings (SSSR count). The van der Waals surface area contributed by atoms with Gasteiger partial charge in [-0.05, 0) is 20.3 Å². The van der Waals surface area contributed by atoms with Gasteiger partial charge in [0, 0.05) is 19.2 Å². The summed E-state index contributed by atoms with van der Waals surface area (Å²) in [5.41, 5.74) is 5.73. The van der Waals surface area contributed by atoms with Crippen LogP contribution in [-0.2, 0) is 4.74 Å². The average molecular weight is 302 g/mol. The van der Waals surface area contributed by atoms with Gasteiger partial charge in [0.25, 0.3) is 5.91 Å². The molecule has 7 nitrogen and oxygen atoms in total. The maximum Gasteiger partial charge on any atom is 0.265 e. The Kier molecular flexibility index (Phi) is 7.27. The van der Waals surface area contributed by atoms with E-state index in [2.05, 4.69) is 15.6 Å². The number of aliphatic hydroxyl groups excluding tert-OH is 1. The minimum absolute atomic E-state index is 0.00931. The Hall–Kier alpha value is -1.38. The van der Waals surface area contributed by atoms with E-state index in [-0.39, 0.29) is 24.4 Å². The Morgan fingerprint density at radius 3 is 2.90 bits per heavy atom. The summed E-state index contributed by atoms with van der Waals surface area (Å²) in [6.45, 7) is 5.30. The van der Waals surface area contributed by atoms with E-state index in [9.17, 15) is 4.79 Å². The molecule has 0 saturated carbocycles. The molecule has 0 radical (unpaired) electrons. The molecule has 0 atom stereocenters. The molecule has 0 saturated heterocycles. The lowest BCUT2D eigenvalue weighted by Crippen LogP contribution is -2.25. The van der Waals surface area contributed by atoms with Gasteiger partial charge in [-0.1, -0.05) is 11.3 Å². The number of hydrogen-bond acceptors (Lipinski definition) is 7. The van der Waals surface area contributed by atoms with Crippen molar-refractivity contribution < 1.29 is 14.6 Å². The van der Waals surface area contributed by atoms with Crippen LogP contribution in [0.2, 0.25) is 0 Å². The smallest absolute Gasteiger partial charge is 0.265 e. The lowest BCUT2D eigenvalue weighted by atomic mass is 10.4. The zero-order valence-corrected chi connectivity index (χ0v) is 12.6. The molecule has 0 fully saturated rings. The molecule has 8 heteroatoms. The first-order valence-corrected chi connectivity index (χ1v) is 7.36. The van der Waals surface area contributed by atoms with Crippen molar-refractivity contribution in [2.75, 3.05) is 37.4 Å². The van der Waals surface area contributed by atoms with E-state index in [4.69, 9.17) is 15.6 Å². The summed E-state index contributed by atoms with van der Waals surface area (Å²) in [4.78, 5) is 16.5. The maximum atomic E-state index is 11.9. The summed E-state index contributed by atoms with van der Waals surface area (Å²) in [6.07, 6.45) is 0.682. The Labute approximate surface area is 122 Å². The van der Waals surface area contributed by atoms with Crippen LogP contribution in [0.3, 0.4) is 0 Å². The number of aliphatic hydroxyl groups is 1. The molecule has 0 aliphatic carbocycles. The SMILES string of the molecule is CC(C)Nc1nc(N)c(C(=O)NCCCOCCO)s1. The molecule has 0 spiro atoms. The summed E-state index contributed by atoms with van der Waals surface area (Å²) in [5.74, 6) is 0.0196. The van der Waals surface area contributed by atoms with E-state index >= 15 is 0 Å². The van der Waals surface area contributed by atoms with Crippen LogP contribution in [0, 0.1) is 0 Å². The van der Waals surface area contributed by atoms with Gasteiger partial charge in [0.1, 0.15) is 10.7 Å². The fourth-order valence-corrected chi connectivity index (χ4v) is 2.37. The van der Waals surface area contributed by atoms with Gasteiger partial charge in [-0.15, -0.1) is 0 Å². The van der Waals surface area contributed by atoms with Crippen LogP contribution >= 0.6 is 11.3 Å². The molecule has 0 aliphatic rings. The number of nitrogens with zero attached hydrogens (tertiary/aromatic N) is 1. The quantitative estimate of drug-likeness (QED) is 0.499. The third-order valence-electron chi connectivity index (χ3n) is 2.26. The van der Waals surface area contributed by atoms with Crippen LogP contribution in [0.15, 0.2) is 0 Å². The maximum absolute atomic E-state index is 11.9. The van der Waals surface area contributed by atoms with Gasteiger partial charge < -0.3 is 26.2 Å². The van der Waals surface area contributed by atoms with Gasteiger partial charge in [-0.25, -0.2) is 4.98 Å². The summed E-state index contributed by atoms with van der Waals surface area (Å²) >= 11 is 1.24. The normalized spacial score (nSPS) is 10.8. The number of rotatable bonds is 9. The highest BCUT2D eigenvalue weighted by molar-refractivity contribution is 7.18. The van der Waals surface area contributed by atoms with Gasteiger partial charge in [0.15, 0.2) is 5.13 Å². The highest BCUT2D eigenvalue weighted by atomic mass is 32.1. The van der Waals surface area contributed by atoms with E-state index < -0.39 is 0 Å². The zero-order chi connectivity index (χ0) is 15.0. The largest absolute Gasteiger partial charge is 0.394 e. The van der Waals surface area contributed by atoms with Crippen molar-refractivity contribution in [3.63, 3.8) is 0 Å². The second-order valence-electron chi connectivity index (χ2n) is 4.48. The topological polar surface area (TPSA) is 110 Å². The Bertz CT molecular complexity index is 423. The number of carbonyl (C=O) groups is 1. The van der Waals surface area contributed by atoms with Crippen LogP contribution in [0.4, 0.5) is 10.9 Å². The minimum Gasteiger partial charge on any atom is -0.394 e. The van der Waals surface area contributed by atoms with E-state index in [0.717, 1.165) is 0 Å². The van der Waals surface area contributed by atoms with Crippen LogP contribution in [0.25, 0.3) is 0 Å². The first kappa shape index (κ1) is 16.7. The number of ether oxygens (including phenoxy) is 1. The van der Waals surface area contributed by atoms with Gasteiger partial charge in [-0.3, -0.25) is 4.79 Å². The number of nitrogens with two attached hydrogens (primary N) is 1. The molecule has 1 amide bonds. The molecule has 1 aromatic heterocycles. The lowest BCUT2D eigenvalue weighted by molar-refractivity contribution is 0.0869. The average Bonchev–Trinajstić information content (AvgIpc) is 2.73. The van der Waals surface area contributed by atoms with Crippen molar-refractivity contribution in [3.8, 4) is 0 Å². The molecule has 0 unspecified atom stereocenters. The first-order valence-electron chi connectivity index (χ1n) is 6.54. The summed E-state index contributed by atoms with van der Waals surface area (Å²) in [7, 11) is 0. The lowest BCUT2D eigenvalue weighted by Gasteiger charge is -2.05. The standard InChI is InChI=1S/C12H22N4O3S/c1-8(2)15-12-16-10(13)9(20-12)11(18)14-4-3-6-19-7-5-17/h8,17H,3-7,13H2,1-2H3,(H,14,18)(H,15,16). The van der Waals surface area contributed by atoms with Crippen molar-refractivity contribution >= 4 is 28.2 Å². The fourth-order valence-electron chi connectivity index (χ4n) is 1.43. The molecule has 5 N–H and O–H groups in total. The number of aromatic nitrogens is 1. The highest BCUT2D eigenvalue weighted by Gasteiger charge is 2.15. The van der Waals surface area contributed by atoms with E-state index in [1.807, 2.05) is 13.8 Å². The number of carbonyl (C=O) groups excluding carboxylic acids is 1. The van der Waals surface area contributed by atoms with Crippen LogP contribution < -0.4 is 16.4 Å². The van der Waals surface area contributed by atoms with Crippen molar-refractivity contribution in [2.24, 2.45) is 0 Å². The number of nitrogens with one attached hydrogen (secondary N) is 2. The molecule has 0 aliphatic heterocycles. The third-order valence-corrected chi connectivity index (χ3v) is 3.26. The van der Waals surface area contributed by atoms with Crippen molar-refractivity contribution in [1.82, 2.24) is 10.3 Å². The molecule has 0 bridgehead atoms. The van der Waals surface area contributed by atoms with E-state index in [1.54, 1.807) is 0 Å². The second kappa shape index (κ2) is 8.72. The monoisotopic (exact) mass is 302 g/mol. The number of hydrogen-bond donors (Lipinski definition) is 4. The Morgan fingerprint density at radius 2 is 2.25 bits per heavy atom. The first-order chi connectivity index (χ1) is 9.54. The molecule has 1 aromatic rings. The third kappa shape index (κ3) is 5.72. The van der Waals surface area contributed by atoms with Crippen molar-refractivity contribution in [2.45, 2.75) is 26.3 Å². The molecule has 1 heterocycles.